The Hall–Kier alpha value is -0.120. The molecule has 92 valence electrons. The maximum atomic E-state index is 8.89. The van der Waals surface area contributed by atoms with Crippen LogP contribution in [0.4, 0.5) is 0 Å². The first-order valence-corrected chi connectivity index (χ1v) is 6.24. The van der Waals surface area contributed by atoms with Gasteiger partial charge in [-0.15, -0.1) is 0 Å². The van der Waals surface area contributed by atoms with Crippen LogP contribution in [0.5, 0.6) is 0 Å². The summed E-state index contributed by atoms with van der Waals surface area (Å²) < 4.78 is 5.26. The van der Waals surface area contributed by atoms with Gasteiger partial charge in [-0.1, -0.05) is 13.3 Å². The fourth-order valence-corrected chi connectivity index (χ4v) is 1.69. The highest BCUT2D eigenvalue weighted by molar-refractivity contribution is 4.61. The lowest BCUT2D eigenvalue weighted by atomic mass is 10.0. The van der Waals surface area contributed by atoms with E-state index in [1.54, 1.807) is 0 Å². The van der Waals surface area contributed by atoms with Crippen LogP contribution in [-0.2, 0) is 4.74 Å². The Morgan fingerprint density at radius 3 is 2.67 bits per heavy atom. The van der Waals surface area contributed by atoms with Crippen LogP contribution in [0.2, 0.25) is 0 Å². The summed E-state index contributed by atoms with van der Waals surface area (Å²) in [5.74, 6) is 0.632. The van der Waals surface area contributed by atoms with E-state index in [9.17, 15) is 0 Å². The number of hydrogen-bond donors (Lipinski definition) is 2. The van der Waals surface area contributed by atoms with Crippen molar-refractivity contribution in [2.45, 2.75) is 39.5 Å². The van der Waals surface area contributed by atoms with Gasteiger partial charge in [0.2, 0.25) is 0 Å². The molecule has 2 N–H and O–H groups in total. The predicted molar refractivity (Wildman–Crippen MR) is 64.1 cm³/mol. The molecule has 0 bridgehead atoms. The van der Waals surface area contributed by atoms with Crippen molar-refractivity contribution in [3.63, 3.8) is 0 Å². The molecular weight excluding hydrogens is 190 g/mol. The highest BCUT2D eigenvalue weighted by Gasteiger charge is 2.05. The summed E-state index contributed by atoms with van der Waals surface area (Å²) in [6.45, 7) is 8.23. The molecule has 0 aliphatic heterocycles. The Morgan fingerprint density at radius 2 is 2.07 bits per heavy atom. The lowest BCUT2D eigenvalue weighted by Gasteiger charge is -2.15. The molecule has 0 amide bonds. The fraction of sp³-hybridized carbons (Fsp3) is 1.00. The summed E-state index contributed by atoms with van der Waals surface area (Å²) >= 11 is 0. The molecule has 0 saturated carbocycles. The minimum atomic E-state index is 0.311. The summed E-state index contributed by atoms with van der Waals surface area (Å²) in [6.07, 6.45) is 4.41. The van der Waals surface area contributed by atoms with Gasteiger partial charge in [0, 0.05) is 19.8 Å². The van der Waals surface area contributed by atoms with Gasteiger partial charge in [-0.2, -0.15) is 0 Å². The number of aliphatic hydroxyl groups is 1. The Labute approximate surface area is 94.2 Å². The van der Waals surface area contributed by atoms with Crippen molar-refractivity contribution in [2.24, 2.45) is 5.92 Å². The molecule has 1 atom stereocenters. The average molecular weight is 217 g/mol. The van der Waals surface area contributed by atoms with Crippen molar-refractivity contribution >= 4 is 0 Å². The lowest BCUT2D eigenvalue weighted by Crippen LogP contribution is -2.25. The van der Waals surface area contributed by atoms with Crippen LogP contribution in [0.25, 0.3) is 0 Å². The van der Waals surface area contributed by atoms with Crippen LogP contribution in [0.1, 0.15) is 39.5 Å². The summed E-state index contributed by atoms with van der Waals surface area (Å²) in [6, 6.07) is 0. The molecule has 0 saturated heterocycles. The topological polar surface area (TPSA) is 41.5 Å². The van der Waals surface area contributed by atoms with Gasteiger partial charge in [0.05, 0.1) is 0 Å². The zero-order chi connectivity index (χ0) is 11.4. The monoisotopic (exact) mass is 217 g/mol. The van der Waals surface area contributed by atoms with Gasteiger partial charge in [0.25, 0.3) is 0 Å². The van der Waals surface area contributed by atoms with Gasteiger partial charge in [0.1, 0.15) is 0 Å². The van der Waals surface area contributed by atoms with Gasteiger partial charge in [-0.05, 0) is 45.2 Å². The number of ether oxygens (including phenoxy) is 1. The summed E-state index contributed by atoms with van der Waals surface area (Å²) in [5.41, 5.74) is 0. The van der Waals surface area contributed by atoms with Crippen molar-refractivity contribution in [1.29, 1.82) is 0 Å². The lowest BCUT2D eigenvalue weighted by molar-refractivity contribution is 0.144. The van der Waals surface area contributed by atoms with Crippen LogP contribution >= 0.6 is 0 Å². The summed E-state index contributed by atoms with van der Waals surface area (Å²) in [7, 11) is 0. The first-order valence-electron chi connectivity index (χ1n) is 6.24. The Bertz CT molecular complexity index is 114. The van der Waals surface area contributed by atoms with Crippen LogP contribution in [-0.4, -0.2) is 38.0 Å². The van der Waals surface area contributed by atoms with E-state index in [0.29, 0.717) is 12.5 Å². The van der Waals surface area contributed by atoms with Gasteiger partial charge in [-0.3, -0.25) is 0 Å². The largest absolute Gasteiger partial charge is 0.396 e. The molecule has 3 heteroatoms. The zero-order valence-corrected chi connectivity index (χ0v) is 10.3. The quantitative estimate of drug-likeness (QED) is 0.519. The van der Waals surface area contributed by atoms with E-state index in [1.807, 2.05) is 6.92 Å². The van der Waals surface area contributed by atoms with Crippen molar-refractivity contribution in [1.82, 2.24) is 5.32 Å². The van der Waals surface area contributed by atoms with Gasteiger partial charge in [-0.25, -0.2) is 0 Å². The highest BCUT2D eigenvalue weighted by atomic mass is 16.5. The first kappa shape index (κ1) is 14.9. The van der Waals surface area contributed by atoms with E-state index < -0.39 is 0 Å². The Kier molecular flexibility index (Phi) is 11.9. The van der Waals surface area contributed by atoms with E-state index in [0.717, 1.165) is 39.1 Å². The molecule has 0 aliphatic rings. The summed E-state index contributed by atoms with van der Waals surface area (Å²) in [4.78, 5) is 0. The second-order valence-electron chi connectivity index (χ2n) is 3.92. The van der Waals surface area contributed by atoms with Gasteiger partial charge < -0.3 is 15.2 Å². The smallest absolute Gasteiger partial charge is 0.0477 e. The van der Waals surface area contributed by atoms with Crippen LogP contribution in [0, 0.1) is 5.92 Å². The number of rotatable bonds is 11. The van der Waals surface area contributed by atoms with Crippen LogP contribution in [0.3, 0.4) is 0 Å². The van der Waals surface area contributed by atoms with Gasteiger partial charge >= 0.3 is 0 Å². The third-order valence-corrected chi connectivity index (χ3v) is 2.51. The van der Waals surface area contributed by atoms with E-state index in [1.165, 1.54) is 12.8 Å². The SMILES string of the molecule is CCCC(CCO)CNCCCOCC. The molecular formula is C12H27NO2. The third kappa shape index (κ3) is 10.2. The highest BCUT2D eigenvalue weighted by Crippen LogP contribution is 2.08. The fourth-order valence-electron chi connectivity index (χ4n) is 1.69. The number of nitrogens with one attached hydrogen (secondary N) is 1. The maximum Gasteiger partial charge on any atom is 0.0477 e. The minimum absolute atomic E-state index is 0.311. The zero-order valence-electron chi connectivity index (χ0n) is 10.3. The molecule has 15 heavy (non-hydrogen) atoms. The van der Waals surface area contributed by atoms with Crippen LogP contribution in [0.15, 0.2) is 0 Å². The first-order chi connectivity index (χ1) is 7.35. The third-order valence-electron chi connectivity index (χ3n) is 2.51. The molecule has 0 spiro atoms. The van der Waals surface area contributed by atoms with Crippen molar-refractivity contribution < 1.29 is 9.84 Å². The van der Waals surface area contributed by atoms with Crippen molar-refractivity contribution in [3.8, 4) is 0 Å². The Morgan fingerprint density at radius 1 is 1.27 bits per heavy atom. The predicted octanol–water partition coefficient (Wildman–Crippen LogP) is 1.80. The number of aliphatic hydroxyl groups excluding tert-OH is 1. The second-order valence-corrected chi connectivity index (χ2v) is 3.92. The average Bonchev–Trinajstić information content (AvgIpc) is 2.24. The molecule has 1 unspecified atom stereocenters. The second kappa shape index (κ2) is 12.0. The molecule has 0 rings (SSSR count). The van der Waals surface area contributed by atoms with Crippen molar-refractivity contribution in [3.05, 3.63) is 0 Å². The molecule has 0 fully saturated rings. The molecule has 0 radical (unpaired) electrons. The standard InChI is InChI=1S/C12H27NO2/c1-3-6-12(7-9-14)11-13-8-5-10-15-4-2/h12-14H,3-11H2,1-2H3. The molecule has 0 aromatic carbocycles. The van der Waals surface area contributed by atoms with Crippen molar-refractivity contribution in [2.75, 3.05) is 32.9 Å². The number of hydrogen-bond acceptors (Lipinski definition) is 3. The molecule has 3 nitrogen and oxygen atoms in total. The minimum Gasteiger partial charge on any atom is -0.396 e. The molecule has 0 aliphatic carbocycles. The van der Waals surface area contributed by atoms with Gasteiger partial charge in [0.15, 0.2) is 0 Å². The normalized spacial score (nSPS) is 13.0. The van der Waals surface area contributed by atoms with E-state index >= 15 is 0 Å². The van der Waals surface area contributed by atoms with E-state index in [2.05, 4.69) is 12.2 Å². The summed E-state index contributed by atoms with van der Waals surface area (Å²) in [5, 5.41) is 12.3. The molecule has 0 heterocycles. The Balaban J connectivity index is 3.28. The maximum absolute atomic E-state index is 8.89. The van der Waals surface area contributed by atoms with E-state index in [4.69, 9.17) is 9.84 Å². The molecule has 0 aromatic rings. The van der Waals surface area contributed by atoms with E-state index in [-0.39, 0.29) is 0 Å². The molecule has 0 aromatic heterocycles. The van der Waals surface area contributed by atoms with Crippen LogP contribution < -0.4 is 5.32 Å².